The third kappa shape index (κ3) is 30.3. The second kappa shape index (κ2) is 42.9. The first-order chi connectivity index (χ1) is 33.6. The molecule has 2 heterocycles. The van der Waals surface area contributed by atoms with Gasteiger partial charge in [-0.05, 0) is 64.2 Å². The van der Waals surface area contributed by atoms with E-state index in [-0.39, 0.29) is 25.6 Å². The van der Waals surface area contributed by atoms with Crippen LogP contribution in [-0.2, 0) is 33.2 Å². The summed E-state index contributed by atoms with van der Waals surface area (Å²) in [5, 5.41) is 72.2. The molecule has 2 aliphatic heterocycles. The Bertz CT molecular complexity index is 1240. The van der Waals surface area contributed by atoms with E-state index < -0.39 is 80.7 Å². The van der Waals surface area contributed by atoms with E-state index in [4.69, 9.17) is 28.4 Å². The number of unbranched alkanes of at least 4 members (excludes halogenated alkanes) is 27. The second-order valence-electron chi connectivity index (χ2n) is 19.8. The molecule has 0 aromatic heterocycles. The molecule has 2 rings (SSSR count). The minimum atomic E-state index is -1.71. The van der Waals surface area contributed by atoms with Gasteiger partial charge in [0.1, 0.15) is 54.9 Å². The van der Waals surface area contributed by atoms with Crippen LogP contribution < -0.4 is 0 Å². The minimum absolute atomic E-state index is 0.0593. The van der Waals surface area contributed by atoms with Gasteiger partial charge in [0, 0.05) is 13.0 Å². The number of esters is 1. The van der Waals surface area contributed by atoms with Crippen molar-refractivity contribution in [3.8, 4) is 0 Å². The summed E-state index contributed by atoms with van der Waals surface area (Å²) >= 11 is 0. The molecule has 2 fully saturated rings. The lowest BCUT2D eigenvalue weighted by Crippen LogP contribution is -2.61. The Morgan fingerprint density at radius 1 is 0.464 bits per heavy atom. The fraction of sp³-hybridized carbons (Fsp3) is 0.909. The van der Waals surface area contributed by atoms with Crippen molar-refractivity contribution in [1.82, 2.24) is 0 Å². The van der Waals surface area contributed by atoms with E-state index in [1.807, 2.05) is 0 Å². The van der Waals surface area contributed by atoms with Crippen molar-refractivity contribution in [1.29, 1.82) is 0 Å². The largest absolute Gasteiger partial charge is 0.457 e. The maximum Gasteiger partial charge on any atom is 0.306 e. The van der Waals surface area contributed by atoms with Crippen molar-refractivity contribution >= 4 is 5.97 Å². The maximum atomic E-state index is 13.0. The molecule has 0 aliphatic carbocycles. The summed E-state index contributed by atoms with van der Waals surface area (Å²) in [6.45, 7) is 3.68. The average Bonchev–Trinajstić information content (AvgIpc) is 3.35. The SMILES string of the molecule is CCCCCC/C=C\CCCCCCCCOCC(COC1OC(COC2OC(CO)C(O)C(O)C2O)C(O)C(O)C1O)OC(=O)CCCCCCCCCCC/C=C\CCCCCCCCCC. The highest BCUT2D eigenvalue weighted by molar-refractivity contribution is 5.69. The molecule has 2 saturated heterocycles. The molecular formula is C55H102O14. The van der Waals surface area contributed by atoms with E-state index in [1.54, 1.807) is 0 Å². The van der Waals surface area contributed by atoms with Gasteiger partial charge in [0.15, 0.2) is 12.6 Å². The highest BCUT2D eigenvalue weighted by Crippen LogP contribution is 2.26. The number of carbonyl (C=O) groups is 1. The molecule has 7 N–H and O–H groups in total. The fourth-order valence-corrected chi connectivity index (χ4v) is 8.86. The lowest BCUT2D eigenvalue weighted by Gasteiger charge is -2.42. The number of ether oxygens (including phenoxy) is 6. The van der Waals surface area contributed by atoms with Gasteiger partial charge in [-0.25, -0.2) is 0 Å². The zero-order chi connectivity index (χ0) is 50.2. The predicted octanol–water partition coefficient (Wildman–Crippen LogP) is 9.19. The molecule has 0 bridgehead atoms. The monoisotopic (exact) mass is 987 g/mol. The average molecular weight is 987 g/mol. The molecule has 406 valence electrons. The Morgan fingerprint density at radius 2 is 0.855 bits per heavy atom. The number of allylic oxidation sites excluding steroid dienone is 4. The summed E-state index contributed by atoms with van der Waals surface area (Å²) < 4.78 is 34.3. The smallest absolute Gasteiger partial charge is 0.306 e. The van der Waals surface area contributed by atoms with Gasteiger partial charge < -0.3 is 64.2 Å². The van der Waals surface area contributed by atoms with Crippen molar-refractivity contribution in [2.45, 2.75) is 287 Å². The van der Waals surface area contributed by atoms with Crippen LogP contribution in [0.25, 0.3) is 0 Å². The maximum absolute atomic E-state index is 13.0. The zero-order valence-corrected chi connectivity index (χ0v) is 43.3. The van der Waals surface area contributed by atoms with Gasteiger partial charge in [-0.3, -0.25) is 4.79 Å². The summed E-state index contributed by atoms with van der Waals surface area (Å²) in [7, 11) is 0. The Kier molecular flexibility index (Phi) is 39.6. The number of aliphatic hydroxyl groups is 7. The predicted molar refractivity (Wildman–Crippen MR) is 270 cm³/mol. The number of carbonyl (C=O) groups excluding carboxylic acids is 1. The lowest BCUT2D eigenvalue weighted by molar-refractivity contribution is -0.332. The summed E-state index contributed by atoms with van der Waals surface area (Å²) in [5.41, 5.74) is 0. The molecular weight excluding hydrogens is 885 g/mol. The molecule has 0 spiro atoms. The molecule has 69 heavy (non-hydrogen) atoms. The van der Waals surface area contributed by atoms with Crippen LogP contribution in [0.2, 0.25) is 0 Å². The van der Waals surface area contributed by atoms with Crippen molar-refractivity contribution in [2.24, 2.45) is 0 Å². The van der Waals surface area contributed by atoms with Crippen LogP contribution >= 0.6 is 0 Å². The van der Waals surface area contributed by atoms with Gasteiger partial charge in [-0.1, -0.05) is 173 Å². The minimum Gasteiger partial charge on any atom is -0.457 e. The van der Waals surface area contributed by atoms with E-state index in [9.17, 15) is 40.5 Å². The Morgan fingerprint density at radius 3 is 1.33 bits per heavy atom. The molecule has 14 heteroatoms. The number of aliphatic hydroxyl groups excluding tert-OH is 7. The van der Waals surface area contributed by atoms with Crippen LogP contribution in [0.5, 0.6) is 0 Å². The van der Waals surface area contributed by atoms with E-state index in [0.29, 0.717) is 13.0 Å². The Labute approximate surface area is 417 Å². The molecule has 2 aliphatic rings. The summed E-state index contributed by atoms with van der Waals surface area (Å²) in [5.74, 6) is -0.378. The van der Waals surface area contributed by atoms with E-state index in [1.165, 1.54) is 148 Å². The van der Waals surface area contributed by atoms with Gasteiger partial charge in [0.2, 0.25) is 0 Å². The van der Waals surface area contributed by atoms with Crippen molar-refractivity contribution in [3.05, 3.63) is 24.3 Å². The van der Waals surface area contributed by atoms with Crippen molar-refractivity contribution in [2.75, 3.05) is 33.0 Å². The summed E-state index contributed by atoms with van der Waals surface area (Å²) in [6, 6.07) is 0. The first kappa shape index (κ1) is 63.6. The second-order valence-corrected chi connectivity index (χ2v) is 19.8. The Balaban J connectivity index is 1.72. The molecule has 0 radical (unpaired) electrons. The first-order valence-corrected chi connectivity index (χ1v) is 27.9. The van der Waals surface area contributed by atoms with Gasteiger partial charge in [0.25, 0.3) is 0 Å². The van der Waals surface area contributed by atoms with Gasteiger partial charge in [-0.2, -0.15) is 0 Å². The molecule has 11 atom stereocenters. The molecule has 0 saturated carbocycles. The van der Waals surface area contributed by atoms with Gasteiger partial charge in [0.05, 0.1) is 26.4 Å². The highest BCUT2D eigenvalue weighted by atomic mass is 16.7. The van der Waals surface area contributed by atoms with Crippen LogP contribution in [0.4, 0.5) is 0 Å². The number of hydrogen-bond acceptors (Lipinski definition) is 14. The fourth-order valence-electron chi connectivity index (χ4n) is 8.86. The molecule has 14 nitrogen and oxygen atoms in total. The molecule has 11 unspecified atom stereocenters. The third-order valence-corrected chi connectivity index (χ3v) is 13.4. The van der Waals surface area contributed by atoms with Crippen molar-refractivity contribution in [3.63, 3.8) is 0 Å². The van der Waals surface area contributed by atoms with Crippen LogP contribution in [0.15, 0.2) is 24.3 Å². The van der Waals surface area contributed by atoms with E-state index >= 15 is 0 Å². The number of rotatable bonds is 45. The van der Waals surface area contributed by atoms with Gasteiger partial charge in [-0.15, -0.1) is 0 Å². The van der Waals surface area contributed by atoms with E-state index in [0.717, 1.165) is 44.9 Å². The van der Waals surface area contributed by atoms with Gasteiger partial charge >= 0.3 is 5.97 Å². The lowest BCUT2D eigenvalue weighted by atomic mass is 9.98. The zero-order valence-electron chi connectivity index (χ0n) is 43.3. The summed E-state index contributed by atoms with van der Waals surface area (Å²) in [6.07, 6.45) is 30.9. The van der Waals surface area contributed by atoms with Crippen LogP contribution in [0, 0.1) is 0 Å². The van der Waals surface area contributed by atoms with Crippen LogP contribution in [0.3, 0.4) is 0 Å². The van der Waals surface area contributed by atoms with Crippen LogP contribution in [0.1, 0.15) is 219 Å². The summed E-state index contributed by atoms with van der Waals surface area (Å²) in [4.78, 5) is 13.0. The molecule has 0 amide bonds. The van der Waals surface area contributed by atoms with Crippen LogP contribution in [-0.4, -0.2) is 142 Å². The Hall–Kier alpha value is -1.53. The topological polar surface area (TPSA) is 214 Å². The molecule has 0 aromatic carbocycles. The number of hydrogen-bond donors (Lipinski definition) is 7. The van der Waals surface area contributed by atoms with Crippen molar-refractivity contribution < 1.29 is 69.0 Å². The molecule has 0 aromatic rings. The normalized spacial score (nSPS) is 25.8. The standard InChI is InChI=1S/C55H102O14/c1-3-5-7-9-11-13-15-17-19-20-21-22-23-24-25-26-28-30-32-34-36-38-47(57)67-44(41-64-39-37-35-33-31-29-27-18-16-14-12-10-8-6-4-2)42-65-54-53(63)51(61)49(59)46(69-54)43-66-55-52(62)50(60)48(58)45(40-56)68-55/h14,16,20-21,44-46,48-56,58-63H,3-13,15,17-19,22-43H2,1-2H3/b16-14-,21-20-. The quantitative estimate of drug-likeness (QED) is 0.0172. The highest BCUT2D eigenvalue weighted by Gasteiger charge is 2.47. The third-order valence-electron chi connectivity index (χ3n) is 13.4. The van der Waals surface area contributed by atoms with E-state index in [2.05, 4.69) is 38.2 Å². The first-order valence-electron chi connectivity index (χ1n) is 27.9.